The number of hydrogen-bond acceptors (Lipinski definition) is 2. The second-order valence-electron chi connectivity index (χ2n) is 8.90. The molecule has 1 saturated heterocycles. The molecule has 0 spiro atoms. The van der Waals surface area contributed by atoms with Crippen LogP contribution >= 0.6 is 0 Å². The van der Waals surface area contributed by atoms with Crippen LogP contribution < -0.4 is 5.32 Å². The smallest absolute Gasteiger partial charge is 0.225 e. The first-order valence-corrected chi connectivity index (χ1v) is 11.2. The van der Waals surface area contributed by atoms with Crippen molar-refractivity contribution in [3.63, 3.8) is 0 Å². The van der Waals surface area contributed by atoms with Crippen LogP contribution in [0.2, 0.25) is 0 Å². The molecule has 1 saturated carbocycles. The van der Waals surface area contributed by atoms with Crippen LogP contribution in [0.4, 0.5) is 0 Å². The fraction of sp³-hybridized carbons (Fsp3) is 0.583. The molecule has 1 aromatic carbocycles. The molecule has 156 valence electrons. The van der Waals surface area contributed by atoms with E-state index in [1.54, 1.807) is 0 Å². The first-order valence-electron chi connectivity index (χ1n) is 11.2. The maximum absolute atomic E-state index is 12.8. The molecular formula is C24H33N3O2. The third-order valence-corrected chi connectivity index (χ3v) is 6.61. The number of amides is 2. The largest absolute Gasteiger partial charge is 0.361 e. The molecule has 2 fully saturated rings. The highest BCUT2D eigenvalue weighted by Gasteiger charge is 2.34. The molecule has 2 aromatic rings. The first-order chi connectivity index (χ1) is 14.1. The first kappa shape index (κ1) is 20.0. The highest BCUT2D eigenvalue weighted by atomic mass is 16.2. The van der Waals surface area contributed by atoms with Gasteiger partial charge in [0.05, 0.1) is 5.92 Å². The number of nitrogens with one attached hydrogen (secondary N) is 2. The lowest BCUT2D eigenvalue weighted by atomic mass is 9.96. The molecule has 29 heavy (non-hydrogen) atoms. The fourth-order valence-corrected chi connectivity index (χ4v) is 4.84. The molecule has 0 bridgehead atoms. The number of fused-ring (bicyclic) bond motifs is 1. The van der Waals surface area contributed by atoms with Crippen molar-refractivity contribution in [1.29, 1.82) is 0 Å². The second-order valence-corrected chi connectivity index (χ2v) is 8.90. The lowest BCUT2D eigenvalue weighted by Crippen LogP contribution is -2.40. The normalized spacial score (nSPS) is 21.3. The molecule has 5 nitrogen and oxygen atoms in total. The average Bonchev–Trinajstić information content (AvgIpc) is 3.25. The Bertz CT molecular complexity index is 864. The van der Waals surface area contributed by atoms with Crippen LogP contribution in [0.3, 0.4) is 0 Å². The van der Waals surface area contributed by atoms with Gasteiger partial charge in [-0.25, -0.2) is 0 Å². The quantitative estimate of drug-likeness (QED) is 0.801. The Labute approximate surface area is 173 Å². The van der Waals surface area contributed by atoms with Gasteiger partial charge in [0, 0.05) is 42.7 Å². The molecule has 2 N–H and O–H groups in total. The van der Waals surface area contributed by atoms with E-state index in [1.807, 2.05) is 11.1 Å². The maximum atomic E-state index is 12.8. The van der Waals surface area contributed by atoms with Gasteiger partial charge in [0.1, 0.15) is 0 Å². The molecule has 2 heterocycles. The Hall–Kier alpha value is -2.30. The van der Waals surface area contributed by atoms with Gasteiger partial charge in [0.15, 0.2) is 0 Å². The van der Waals surface area contributed by atoms with E-state index in [0.717, 1.165) is 24.8 Å². The Morgan fingerprint density at radius 3 is 2.72 bits per heavy atom. The second kappa shape index (κ2) is 9.02. The number of H-pyrrole nitrogens is 1. The van der Waals surface area contributed by atoms with Crippen molar-refractivity contribution in [2.75, 3.05) is 13.1 Å². The highest BCUT2D eigenvalue weighted by molar-refractivity contribution is 5.89. The van der Waals surface area contributed by atoms with Crippen LogP contribution in [0, 0.1) is 12.8 Å². The third-order valence-electron chi connectivity index (χ3n) is 6.61. The number of aromatic nitrogens is 1. The maximum Gasteiger partial charge on any atom is 0.225 e. The predicted octanol–water partition coefficient (Wildman–Crippen LogP) is 4.10. The number of nitrogens with zero attached hydrogens (tertiary/aromatic N) is 1. The van der Waals surface area contributed by atoms with Crippen LogP contribution in [-0.4, -0.2) is 40.8 Å². The molecule has 2 amide bonds. The number of benzene rings is 1. The van der Waals surface area contributed by atoms with E-state index in [-0.39, 0.29) is 17.7 Å². The molecular weight excluding hydrogens is 362 g/mol. The minimum Gasteiger partial charge on any atom is -0.361 e. The van der Waals surface area contributed by atoms with E-state index >= 15 is 0 Å². The average molecular weight is 396 g/mol. The van der Waals surface area contributed by atoms with Crippen LogP contribution in [-0.2, 0) is 16.0 Å². The van der Waals surface area contributed by atoms with Gasteiger partial charge in [-0.3, -0.25) is 9.59 Å². The van der Waals surface area contributed by atoms with E-state index in [1.165, 1.54) is 48.6 Å². The Morgan fingerprint density at radius 2 is 1.93 bits per heavy atom. The van der Waals surface area contributed by atoms with Gasteiger partial charge in [0.25, 0.3) is 0 Å². The number of carbonyl (C=O) groups excluding carboxylic acids is 2. The van der Waals surface area contributed by atoms with Crippen molar-refractivity contribution in [1.82, 2.24) is 15.2 Å². The number of aryl methyl sites for hydroxylation is 1. The van der Waals surface area contributed by atoms with Crippen molar-refractivity contribution >= 4 is 22.7 Å². The van der Waals surface area contributed by atoms with Crippen LogP contribution in [0.1, 0.15) is 62.5 Å². The summed E-state index contributed by atoms with van der Waals surface area (Å²) in [5.41, 5.74) is 3.61. The molecule has 1 aliphatic carbocycles. The van der Waals surface area contributed by atoms with Gasteiger partial charge in [0.2, 0.25) is 11.8 Å². The minimum absolute atomic E-state index is 0.0779. The summed E-state index contributed by atoms with van der Waals surface area (Å²) in [5, 5.41) is 4.48. The molecule has 2 aliphatic rings. The predicted molar refractivity (Wildman–Crippen MR) is 116 cm³/mol. The van der Waals surface area contributed by atoms with Gasteiger partial charge in [-0.15, -0.1) is 0 Å². The van der Waals surface area contributed by atoms with Crippen molar-refractivity contribution in [2.45, 2.75) is 70.8 Å². The zero-order chi connectivity index (χ0) is 20.2. The Morgan fingerprint density at radius 1 is 1.17 bits per heavy atom. The topological polar surface area (TPSA) is 65.2 Å². The number of hydrogen-bond donors (Lipinski definition) is 2. The lowest BCUT2D eigenvalue weighted by Gasteiger charge is -2.23. The monoisotopic (exact) mass is 395 g/mol. The SMILES string of the molecule is Cc1ccc2[nH]cc(CCN3C[C@@H](C(=O)NC4CCCCCCC4)CC3=O)c2c1. The van der Waals surface area contributed by atoms with Crippen molar-refractivity contribution < 1.29 is 9.59 Å². The van der Waals surface area contributed by atoms with Crippen molar-refractivity contribution in [3.8, 4) is 0 Å². The summed E-state index contributed by atoms with van der Waals surface area (Å²) in [7, 11) is 0. The molecule has 4 rings (SSSR count). The van der Waals surface area contributed by atoms with E-state index in [2.05, 4.69) is 35.4 Å². The van der Waals surface area contributed by atoms with Gasteiger partial charge >= 0.3 is 0 Å². The Balaban J connectivity index is 1.31. The van der Waals surface area contributed by atoms with Gasteiger partial charge in [-0.1, -0.05) is 43.7 Å². The molecule has 1 aromatic heterocycles. The van der Waals surface area contributed by atoms with Gasteiger partial charge < -0.3 is 15.2 Å². The summed E-state index contributed by atoms with van der Waals surface area (Å²) in [6.07, 6.45) is 11.6. The number of carbonyl (C=O) groups is 2. The summed E-state index contributed by atoms with van der Waals surface area (Å²) < 4.78 is 0. The van der Waals surface area contributed by atoms with Crippen molar-refractivity contribution in [3.05, 3.63) is 35.5 Å². The molecule has 0 radical (unpaired) electrons. The number of rotatable bonds is 5. The molecule has 1 atom stereocenters. The van der Waals surface area contributed by atoms with Gasteiger partial charge in [-0.05, 0) is 43.9 Å². The van der Waals surface area contributed by atoms with Crippen LogP contribution in [0.5, 0.6) is 0 Å². The van der Waals surface area contributed by atoms with Gasteiger partial charge in [-0.2, -0.15) is 0 Å². The van der Waals surface area contributed by atoms with E-state index in [0.29, 0.717) is 25.6 Å². The zero-order valence-corrected chi connectivity index (χ0v) is 17.5. The standard InChI is InChI=1S/C24H33N3O2/c1-17-9-10-22-21(13-17)18(15-25-22)11-12-27-16-19(14-23(27)28)24(29)26-20-7-5-3-2-4-6-8-20/h9-10,13,15,19-20,25H,2-8,11-12,14,16H2,1H3,(H,26,29)/t19-/m0/s1. The third kappa shape index (κ3) is 4.82. The summed E-state index contributed by atoms with van der Waals surface area (Å²) in [4.78, 5) is 30.4. The molecule has 1 aliphatic heterocycles. The number of likely N-dealkylation sites (tertiary alicyclic amines) is 1. The highest BCUT2D eigenvalue weighted by Crippen LogP contribution is 2.24. The van der Waals surface area contributed by atoms with E-state index < -0.39 is 0 Å². The zero-order valence-electron chi connectivity index (χ0n) is 17.5. The summed E-state index contributed by atoms with van der Waals surface area (Å²) in [6, 6.07) is 6.69. The van der Waals surface area contributed by atoms with E-state index in [4.69, 9.17) is 0 Å². The van der Waals surface area contributed by atoms with Crippen LogP contribution in [0.25, 0.3) is 10.9 Å². The fourth-order valence-electron chi connectivity index (χ4n) is 4.84. The van der Waals surface area contributed by atoms with E-state index in [9.17, 15) is 9.59 Å². The summed E-state index contributed by atoms with van der Waals surface area (Å²) >= 11 is 0. The Kier molecular flexibility index (Phi) is 6.22. The summed E-state index contributed by atoms with van der Waals surface area (Å²) in [5.74, 6) is -0.00821. The molecule has 5 heteroatoms. The summed E-state index contributed by atoms with van der Waals surface area (Å²) in [6.45, 7) is 3.32. The minimum atomic E-state index is -0.196. The molecule has 0 unspecified atom stereocenters. The lowest BCUT2D eigenvalue weighted by molar-refractivity contribution is -0.129. The number of aromatic amines is 1. The van der Waals surface area contributed by atoms with Crippen molar-refractivity contribution in [2.24, 2.45) is 5.92 Å². The van der Waals surface area contributed by atoms with Crippen LogP contribution in [0.15, 0.2) is 24.4 Å².